The van der Waals surface area contributed by atoms with Crippen molar-refractivity contribution >= 4 is 39.1 Å². The zero-order chi connectivity index (χ0) is 30.8. The minimum Gasteiger partial charge on any atom is -0.497 e. The van der Waals surface area contributed by atoms with Crippen molar-refractivity contribution < 1.29 is 22.7 Å². The van der Waals surface area contributed by atoms with E-state index >= 15 is 0 Å². The molecule has 4 aromatic rings. The number of methoxy groups -OCH3 is 1. The molecule has 0 heterocycles. The molecule has 0 spiro atoms. The van der Waals surface area contributed by atoms with Crippen LogP contribution in [0.4, 0.5) is 5.69 Å². The molecule has 2 amide bonds. The Bertz CT molecular complexity index is 1630. The van der Waals surface area contributed by atoms with Crippen LogP contribution in [0.1, 0.15) is 18.1 Å². The van der Waals surface area contributed by atoms with E-state index in [0.29, 0.717) is 17.9 Å². The SMILES string of the molecule is CCNC(=O)C(Cc1ccccc1)N(Cc1cccc(OC)c1)C(=O)CN(c1ccccc1Cl)S(=O)(=O)c1ccccc1. The molecule has 0 saturated carbocycles. The van der Waals surface area contributed by atoms with E-state index in [0.717, 1.165) is 9.87 Å². The zero-order valence-corrected chi connectivity index (χ0v) is 25.6. The molecule has 224 valence electrons. The van der Waals surface area contributed by atoms with Crippen LogP contribution in [0, 0.1) is 0 Å². The zero-order valence-electron chi connectivity index (χ0n) is 24.0. The van der Waals surface area contributed by atoms with E-state index in [1.54, 1.807) is 74.7 Å². The van der Waals surface area contributed by atoms with Crippen molar-refractivity contribution in [3.63, 3.8) is 0 Å². The Labute approximate surface area is 257 Å². The predicted molar refractivity (Wildman–Crippen MR) is 169 cm³/mol. The largest absolute Gasteiger partial charge is 0.497 e. The third-order valence-corrected chi connectivity index (χ3v) is 8.93. The minimum absolute atomic E-state index is 0.00614. The van der Waals surface area contributed by atoms with Gasteiger partial charge in [0.15, 0.2) is 0 Å². The summed E-state index contributed by atoms with van der Waals surface area (Å²) in [6, 6.07) is 29.9. The number of anilines is 1. The van der Waals surface area contributed by atoms with E-state index in [4.69, 9.17) is 16.3 Å². The first kappa shape index (κ1) is 31.6. The van der Waals surface area contributed by atoms with Gasteiger partial charge in [0, 0.05) is 19.5 Å². The van der Waals surface area contributed by atoms with Crippen molar-refractivity contribution in [2.24, 2.45) is 0 Å². The highest BCUT2D eigenvalue weighted by Crippen LogP contribution is 2.31. The van der Waals surface area contributed by atoms with E-state index in [1.807, 2.05) is 36.4 Å². The van der Waals surface area contributed by atoms with Crippen LogP contribution in [-0.2, 0) is 32.6 Å². The van der Waals surface area contributed by atoms with E-state index in [1.165, 1.54) is 17.0 Å². The number of benzene rings is 4. The van der Waals surface area contributed by atoms with Crippen LogP contribution in [0.3, 0.4) is 0 Å². The molecule has 0 aliphatic rings. The maximum atomic E-state index is 14.4. The maximum absolute atomic E-state index is 14.4. The van der Waals surface area contributed by atoms with Crippen LogP contribution < -0.4 is 14.4 Å². The first-order valence-corrected chi connectivity index (χ1v) is 15.6. The summed E-state index contributed by atoms with van der Waals surface area (Å²) < 4.78 is 34.4. The molecule has 8 nitrogen and oxygen atoms in total. The number of para-hydroxylation sites is 1. The third kappa shape index (κ3) is 7.94. The molecular formula is C33H34ClN3O5S. The molecule has 0 aromatic heterocycles. The summed E-state index contributed by atoms with van der Waals surface area (Å²) in [6.45, 7) is 1.61. The van der Waals surface area contributed by atoms with E-state index in [-0.39, 0.29) is 34.5 Å². The highest BCUT2D eigenvalue weighted by Gasteiger charge is 2.35. The van der Waals surface area contributed by atoms with Crippen molar-refractivity contribution in [1.29, 1.82) is 0 Å². The lowest BCUT2D eigenvalue weighted by atomic mass is 10.0. The quantitative estimate of drug-likeness (QED) is 0.219. The lowest BCUT2D eigenvalue weighted by Gasteiger charge is -2.34. The number of halogens is 1. The van der Waals surface area contributed by atoms with Gasteiger partial charge in [0.1, 0.15) is 18.3 Å². The molecular weight excluding hydrogens is 586 g/mol. The standard InChI is InChI=1S/C33H34ClN3O5S/c1-3-35-33(39)31(22-25-13-6-4-7-14-25)36(23-26-15-12-16-27(21-26)42-2)32(38)24-37(30-20-11-10-19-29(30)34)43(40,41)28-17-8-5-9-18-28/h4-21,31H,3,22-24H2,1-2H3,(H,35,39). The van der Waals surface area contributed by atoms with Gasteiger partial charge in [0.05, 0.1) is 22.7 Å². The number of amides is 2. The van der Waals surface area contributed by atoms with Crippen molar-refractivity contribution in [3.8, 4) is 5.75 Å². The Morgan fingerprint density at radius 2 is 1.49 bits per heavy atom. The average Bonchev–Trinajstić information content (AvgIpc) is 3.03. The average molecular weight is 620 g/mol. The van der Waals surface area contributed by atoms with Crippen LogP contribution in [0.2, 0.25) is 5.02 Å². The van der Waals surface area contributed by atoms with Crippen LogP contribution in [0.15, 0.2) is 114 Å². The normalized spacial score (nSPS) is 11.8. The van der Waals surface area contributed by atoms with Crippen LogP contribution in [0.5, 0.6) is 5.75 Å². The molecule has 1 atom stereocenters. The van der Waals surface area contributed by atoms with Gasteiger partial charge in [-0.25, -0.2) is 8.42 Å². The number of carbonyl (C=O) groups excluding carboxylic acids is 2. The van der Waals surface area contributed by atoms with Crippen molar-refractivity contribution in [1.82, 2.24) is 10.2 Å². The monoisotopic (exact) mass is 619 g/mol. The fourth-order valence-corrected chi connectivity index (χ4v) is 6.44. The maximum Gasteiger partial charge on any atom is 0.264 e. The Hall–Kier alpha value is -4.34. The summed E-state index contributed by atoms with van der Waals surface area (Å²) in [7, 11) is -2.68. The summed E-state index contributed by atoms with van der Waals surface area (Å²) in [4.78, 5) is 29.4. The summed E-state index contributed by atoms with van der Waals surface area (Å²) in [5, 5.41) is 3.01. The van der Waals surface area contributed by atoms with Gasteiger partial charge in [0.25, 0.3) is 10.0 Å². The number of nitrogens with zero attached hydrogens (tertiary/aromatic N) is 2. The van der Waals surface area contributed by atoms with Crippen molar-refractivity contribution in [2.75, 3.05) is 24.5 Å². The lowest BCUT2D eigenvalue weighted by molar-refractivity contribution is -0.140. The van der Waals surface area contributed by atoms with E-state index < -0.39 is 28.5 Å². The number of likely N-dealkylation sites (N-methyl/N-ethyl adjacent to an activating group) is 1. The van der Waals surface area contributed by atoms with Gasteiger partial charge in [-0.2, -0.15) is 0 Å². The second-order valence-electron chi connectivity index (χ2n) is 9.75. The molecule has 0 aliphatic heterocycles. The number of nitrogens with one attached hydrogen (secondary N) is 1. The number of ether oxygens (including phenoxy) is 1. The molecule has 43 heavy (non-hydrogen) atoms. The number of rotatable bonds is 13. The summed E-state index contributed by atoms with van der Waals surface area (Å²) >= 11 is 6.49. The van der Waals surface area contributed by atoms with Crippen LogP contribution in [-0.4, -0.2) is 51.4 Å². The first-order chi connectivity index (χ1) is 20.7. The fraction of sp³-hybridized carbons (Fsp3) is 0.212. The smallest absolute Gasteiger partial charge is 0.264 e. The van der Waals surface area contributed by atoms with Gasteiger partial charge >= 0.3 is 0 Å². The fourth-order valence-electron chi connectivity index (χ4n) is 4.70. The molecule has 1 N–H and O–H groups in total. The predicted octanol–water partition coefficient (Wildman–Crippen LogP) is 5.32. The Kier molecular flexibility index (Phi) is 10.8. The summed E-state index contributed by atoms with van der Waals surface area (Å²) in [5.74, 6) is -0.334. The summed E-state index contributed by atoms with van der Waals surface area (Å²) in [6.07, 6.45) is 0.222. The van der Waals surface area contributed by atoms with Gasteiger partial charge < -0.3 is 15.0 Å². The van der Waals surface area contributed by atoms with Crippen LogP contribution >= 0.6 is 11.6 Å². The molecule has 4 aromatic carbocycles. The number of sulfonamides is 1. The number of carbonyl (C=O) groups is 2. The van der Waals surface area contributed by atoms with Gasteiger partial charge in [-0.3, -0.25) is 13.9 Å². The lowest BCUT2D eigenvalue weighted by Crippen LogP contribution is -2.53. The molecule has 10 heteroatoms. The molecule has 1 unspecified atom stereocenters. The Morgan fingerprint density at radius 3 is 2.14 bits per heavy atom. The first-order valence-electron chi connectivity index (χ1n) is 13.8. The second-order valence-corrected chi connectivity index (χ2v) is 12.0. The molecule has 0 aliphatic carbocycles. The highest BCUT2D eigenvalue weighted by molar-refractivity contribution is 7.92. The molecule has 0 fully saturated rings. The topological polar surface area (TPSA) is 96.0 Å². The van der Waals surface area contributed by atoms with E-state index in [2.05, 4.69) is 5.32 Å². The molecule has 4 rings (SSSR count). The van der Waals surface area contributed by atoms with Crippen molar-refractivity contribution in [2.45, 2.75) is 30.8 Å². The molecule has 0 saturated heterocycles. The summed E-state index contributed by atoms with van der Waals surface area (Å²) in [5.41, 5.74) is 1.72. The number of hydrogen-bond acceptors (Lipinski definition) is 5. The van der Waals surface area contributed by atoms with Gasteiger partial charge in [0.2, 0.25) is 11.8 Å². The molecule has 0 radical (unpaired) electrons. The second kappa shape index (κ2) is 14.7. The Balaban J connectivity index is 1.81. The number of hydrogen-bond donors (Lipinski definition) is 1. The minimum atomic E-state index is -4.22. The van der Waals surface area contributed by atoms with Gasteiger partial charge in [-0.05, 0) is 54.4 Å². The van der Waals surface area contributed by atoms with Crippen LogP contribution in [0.25, 0.3) is 0 Å². The molecule has 0 bridgehead atoms. The van der Waals surface area contributed by atoms with Crippen molar-refractivity contribution in [3.05, 3.63) is 125 Å². The van der Waals surface area contributed by atoms with Gasteiger partial charge in [-0.1, -0.05) is 84.4 Å². The van der Waals surface area contributed by atoms with E-state index in [9.17, 15) is 18.0 Å². The van der Waals surface area contributed by atoms with Gasteiger partial charge in [-0.15, -0.1) is 0 Å². The highest BCUT2D eigenvalue weighted by atomic mass is 35.5. The third-order valence-electron chi connectivity index (χ3n) is 6.84. The Morgan fingerprint density at radius 1 is 0.860 bits per heavy atom.